The van der Waals surface area contributed by atoms with Crippen molar-refractivity contribution < 1.29 is 23.7 Å². The molecule has 2 aromatic rings. The van der Waals surface area contributed by atoms with Gasteiger partial charge in [-0.2, -0.15) is 5.10 Å². The van der Waals surface area contributed by atoms with Gasteiger partial charge in [0.15, 0.2) is 11.5 Å². The predicted octanol–water partition coefficient (Wildman–Crippen LogP) is 3.14. The van der Waals surface area contributed by atoms with Crippen LogP contribution in [0.5, 0.6) is 23.0 Å². The molecule has 0 unspecified atom stereocenters. The van der Waals surface area contributed by atoms with Crippen molar-refractivity contribution >= 4 is 23.7 Å². The van der Waals surface area contributed by atoms with Crippen LogP contribution in [0.15, 0.2) is 35.4 Å². The largest absolute Gasteiger partial charge is 0.496 e. The molecule has 0 spiro atoms. The molecule has 1 amide bonds. The zero-order valence-corrected chi connectivity index (χ0v) is 15.6. The average molecular weight is 379 g/mol. The third-order valence-corrected chi connectivity index (χ3v) is 3.75. The van der Waals surface area contributed by atoms with Crippen LogP contribution in [0, 0.1) is 0 Å². The summed E-state index contributed by atoms with van der Waals surface area (Å²) in [7, 11) is 6.01. The fraction of sp³-hybridized carbons (Fsp3) is 0.222. The molecule has 0 atom stereocenters. The number of amides is 1. The number of ether oxygens (including phenoxy) is 4. The van der Waals surface area contributed by atoms with Crippen LogP contribution in [0.3, 0.4) is 0 Å². The molecule has 2 rings (SSSR count). The maximum Gasteiger partial charge on any atom is 0.275 e. The normalized spacial score (nSPS) is 10.5. The maximum atomic E-state index is 12.3. The van der Waals surface area contributed by atoms with Crippen molar-refractivity contribution in [3.63, 3.8) is 0 Å². The zero-order chi connectivity index (χ0) is 19.1. The molecule has 0 bridgehead atoms. The van der Waals surface area contributed by atoms with Crippen LogP contribution in [-0.2, 0) is 0 Å². The lowest BCUT2D eigenvalue weighted by Crippen LogP contribution is -2.18. The lowest BCUT2D eigenvalue weighted by Gasteiger charge is -2.13. The van der Waals surface area contributed by atoms with E-state index in [0.29, 0.717) is 33.6 Å². The molecule has 2 aromatic carbocycles. The molecule has 7 nitrogen and oxygen atoms in total. The summed E-state index contributed by atoms with van der Waals surface area (Å²) in [4.78, 5) is 12.3. The summed E-state index contributed by atoms with van der Waals surface area (Å²) < 4.78 is 21.0. The monoisotopic (exact) mass is 378 g/mol. The number of hydrogen-bond acceptors (Lipinski definition) is 6. The highest BCUT2D eigenvalue weighted by Crippen LogP contribution is 2.38. The Labute approximate surface area is 156 Å². The highest BCUT2D eigenvalue weighted by Gasteiger charge is 2.15. The van der Waals surface area contributed by atoms with Gasteiger partial charge >= 0.3 is 0 Å². The molecule has 0 fully saturated rings. The van der Waals surface area contributed by atoms with E-state index in [1.807, 2.05) is 0 Å². The van der Waals surface area contributed by atoms with E-state index < -0.39 is 5.91 Å². The number of benzene rings is 2. The second-order valence-corrected chi connectivity index (χ2v) is 5.40. The highest BCUT2D eigenvalue weighted by atomic mass is 35.5. The second kappa shape index (κ2) is 8.96. The molecule has 1 N–H and O–H groups in total. The molecular formula is C18H19ClN2O5. The fourth-order valence-electron chi connectivity index (χ4n) is 2.30. The second-order valence-electron chi connectivity index (χ2n) is 4.97. The molecule has 26 heavy (non-hydrogen) atoms. The number of carbonyl (C=O) groups excluding carboxylic acids is 1. The van der Waals surface area contributed by atoms with Gasteiger partial charge in [-0.3, -0.25) is 4.79 Å². The van der Waals surface area contributed by atoms with Gasteiger partial charge in [-0.15, -0.1) is 0 Å². The first-order valence-corrected chi connectivity index (χ1v) is 7.89. The van der Waals surface area contributed by atoms with Crippen LogP contribution in [0.4, 0.5) is 0 Å². The molecule has 0 aliphatic heterocycles. The van der Waals surface area contributed by atoms with Crippen LogP contribution in [0.25, 0.3) is 0 Å². The number of rotatable bonds is 7. The van der Waals surface area contributed by atoms with E-state index in [2.05, 4.69) is 10.5 Å². The summed E-state index contributed by atoms with van der Waals surface area (Å²) in [5, 5.41) is 4.38. The first-order valence-electron chi connectivity index (χ1n) is 7.51. The topological polar surface area (TPSA) is 78.4 Å². The van der Waals surface area contributed by atoms with Crippen molar-refractivity contribution in [3.05, 3.63) is 46.5 Å². The van der Waals surface area contributed by atoms with Crippen molar-refractivity contribution in [1.82, 2.24) is 5.43 Å². The van der Waals surface area contributed by atoms with Crippen LogP contribution >= 0.6 is 11.6 Å². The Morgan fingerprint density at radius 3 is 2.23 bits per heavy atom. The van der Waals surface area contributed by atoms with Crippen molar-refractivity contribution in [2.45, 2.75) is 0 Å². The van der Waals surface area contributed by atoms with Gasteiger partial charge in [-0.25, -0.2) is 5.43 Å². The first-order chi connectivity index (χ1) is 12.5. The number of nitrogens with zero attached hydrogens (tertiary/aromatic N) is 1. The van der Waals surface area contributed by atoms with Crippen molar-refractivity contribution in [3.8, 4) is 23.0 Å². The van der Waals surface area contributed by atoms with Gasteiger partial charge < -0.3 is 18.9 Å². The molecule has 0 aliphatic carbocycles. The molecule has 0 saturated carbocycles. The quantitative estimate of drug-likeness (QED) is 0.591. The zero-order valence-electron chi connectivity index (χ0n) is 14.8. The Hall–Kier alpha value is -2.93. The van der Waals surface area contributed by atoms with Gasteiger partial charge in [0, 0.05) is 10.6 Å². The van der Waals surface area contributed by atoms with Crippen LogP contribution < -0.4 is 24.4 Å². The van der Waals surface area contributed by atoms with Gasteiger partial charge in [0.05, 0.1) is 40.2 Å². The first kappa shape index (κ1) is 19.4. The maximum absolute atomic E-state index is 12.3. The molecule has 0 saturated heterocycles. The fourth-order valence-corrected chi connectivity index (χ4v) is 2.48. The Kier molecular flexibility index (Phi) is 6.68. The number of halogens is 1. The summed E-state index contributed by atoms with van der Waals surface area (Å²) in [5.74, 6) is 1.33. The minimum Gasteiger partial charge on any atom is -0.496 e. The van der Waals surface area contributed by atoms with Crippen LogP contribution in [0.1, 0.15) is 15.9 Å². The van der Waals surface area contributed by atoms with E-state index in [9.17, 15) is 4.79 Å². The molecule has 0 radical (unpaired) electrons. The average Bonchev–Trinajstić information content (AvgIpc) is 2.66. The number of hydrazone groups is 1. The van der Waals surface area contributed by atoms with Crippen molar-refractivity contribution in [2.75, 3.05) is 28.4 Å². The Morgan fingerprint density at radius 2 is 1.62 bits per heavy atom. The lowest BCUT2D eigenvalue weighted by molar-refractivity contribution is 0.0952. The van der Waals surface area contributed by atoms with Gasteiger partial charge in [0.1, 0.15) is 5.75 Å². The summed E-state index contributed by atoms with van der Waals surface area (Å²) in [6.07, 6.45) is 1.44. The Morgan fingerprint density at radius 1 is 0.962 bits per heavy atom. The third-order valence-electron chi connectivity index (χ3n) is 3.51. The van der Waals surface area contributed by atoms with Gasteiger partial charge in [-0.1, -0.05) is 11.6 Å². The molecule has 8 heteroatoms. The van der Waals surface area contributed by atoms with Crippen molar-refractivity contribution in [2.24, 2.45) is 5.10 Å². The lowest BCUT2D eigenvalue weighted by atomic mass is 10.2. The minimum atomic E-state index is -0.458. The van der Waals surface area contributed by atoms with E-state index in [4.69, 9.17) is 30.5 Å². The number of methoxy groups -OCH3 is 4. The summed E-state index contributed by atoms with van der Waals surface area (Å²) in [6.45, 7) is 0. The van der Waals surface area contributed by atoms with Gasteiger partial charge in [0.2, 0.25) is 5.75 Å². The van der Waals surface area contributed by atoms with Crippen LogP contribution in [-0.4, -0.2) is 40.6 Å². The smallest absolute Gasteiger partial charge is 0.275 e. The van der Waals surface area contributed by atoms with E-state index in [1.54, 1.807) is 24.3 Å². The SMILES string of the molecule is COc1ccc(Cl)cc1C(=O)N/N=C/c1ccc(OC)c(OC)c1OC. The number of carbonyl (C=O) groups is 1. The summed E-state index contributed by atoms with van der Waals surface area (Å²) >= 11 is 5.93. The minimum absolute atomic E-state index is 0.274. The molecule has 0 aliphatic rings. The van der Waals surface area contributed by atoms with Gasteiger partial charge in [0.25, 0.3) is 5.91 Å². The molecular weight excluding hydrogens is 360 g/mol. The highest BCUT2D eigenvalue weighted by molar-refractivity contribution is 6.31. The number of hydrogen-bond donors (Lipinski definition) is 1. The predicted molar refractivity (Wildman–Crippen MR) is 99.2 cm³/mol. The molecule has 0 heterocycles. The standard InChI is InChI=1S/C18H19ClN2O5/c1-23-14-8-6-12(19)9-13(14)18(22)21-20-10-11-5-7-15(24-2)17(26-4)16(11)25-3/h5-10H,1-4H3,(H,21,22)/b20-10+. The van der Waals surface area contributed by atoms with E-state index in [1.165, 1.54) is 40.7 Å². The third kappa shape index (κ3) is 4.18. The van der Waals surface area contributed by atoms with E-state index in [0.717, 1.165) is 0 Å². The molecule has 0 aromatic heterocycles. The Bertz CT molecular complexity index is 823. The number of nitrogens with one attached hydrogen (secondary N) is 1. The molecule has 138 valence electrons. The summed E-state index contributed by atoms with van der Waals surface area (Å²) in [5.41, 5.74) is 3.31. The van der Waals surface area contributed by atoms with Gasteiger partial charge in [-0.05, 0) is 30.3 Å². The van der Waals surface area contributed by atoms with E-state index in [-0.39, 0.29) is 5.56 Å². The van der Waals surface area contributed by atoms with Crippen LogP contribution in [0.2, 0.25) is 5.02 Å². The van der Waals surface area contributed by atoms with E-state index >= 15 is 0 Å². The Balaban J connectivity index is 2.23. The van der Waals surface area contributed by atoms with Crippen molar-refractivity contribution in [1.29, 1.82) is 0 Å². The summed E-state index contributed by atoms with van der Waals surface area (Å²) in [6, 6.07) is 8.19.